The zero-order valence-electron chi connectivity index (χ0n) is 17.7. The van der Waals surface area contributed by atoms with Crippen molar-refractivity contribution in [3.8, 4) is 0 Å². The van der Waals surface area contributed by atoms with Crippen LogP contribution in [0.25, 0.3) is 0 Å². The summed E-state index contributed by atoms with van der Waals surface area (Å²) in [6.07, 6.45) is 7.31. The third-order valence-electron chi connectivity index (χ3n) is 3.78. The van der Waals surface area contributed by atoms with E-state index in [-0.39, 0.29) is 12.7 Å². The zero-order valence-corrected chi connectivity index (χ0v) is 17.7. The normalized spacial score (nSPS) is 15.0. The smallest absolute Gasteiger partial charge is 0.0768 e. The molecule has 0 aromatic carbocycles. The Bertz CT molecular complexity index is 220. The highest BCUT2D eigenvalue weighted by Gasteiger charge is 2.17. The first kappa shape index (κ1) is 29.6. The van der Waals surface area contributed by atoms with Gasteiger partial charge in [-0.15, -0.1) is 0 Å². The van der Waals surface area contributed by atoms with Crippen molar-refractivity contribution in [3.05, 3.63) is 0 Å². The van der Waals surface area contributed by atoms with Gasteiger partial charge in [0.25, 0.3) is 0 Å². The molecule has 0 aliphatic heterocycles. The molecule has 0 amide bonds. The summed E-state index contributed by atoms with van der Waals surface area (Å²) in [4.78, 5) is 2.16. The van der Waals surface area contributed by atoms with Gasteiger partial charge in [0.15, 0.2) is 0 Å². The van der Waals surface area contributed by atoms with E-state index in [0.29, 0.717) is 13.0 Å². The van der Waals surface area contributed by atoms with E-state index in [1.165, 1.54) is 19.3 Å². The summed E-state index contributed by atoms with van der Waals surface area (Å²) in [5, 5.41) is 33.6. The molecule has 25 heavy (non-hydrogen) atoms. The van der Waals surface area contributed by atoms with Gasteiger partial charge in [-0.05, 0) is 45.2 Å². The molecule has 0 spiro atoms. The maximum absolute atomic E-state index is 9.21. The summed E-state index contributed by atoms with van der Waals surface area (Å²) < 4.78 is 0. The maximum atomic E-state index is 9.21. The number of nitrogens with zero attached hydrogens (tertiary/aromatic N) is 1. The largest absolute Gasteiger partial charge is 0.396 e. The predicted octanol–water partition coefficient (Wildman–Crippen LogP) is 3.04. The van der Waals surface area contributed by atoms with Crippen LogP contribution in [0.15, 0.2) is 0 Å². The van der Waals surface area contributed by atoms with Gasteiger partial charge >= 0.3 is 0 Å². The van der Waals surface area contributed by atoms with E-state index < -0.39 is 6.10 Å². The molecule has 0 aromatic rings. The van der Waals surface area contributed by atoms with Crippen LogP contribution in [0.5, 0.6) is 0 Å². The molecule has 5 heteroatoms. The number of aliphatic hydroxyl groups excluding tert-OH is 4. The first-order chi connectivity index (χ1) is 11.9. The molecule has 1 aliphatic rings. The van der Waals surface area contributed by atoms with Crippen molar-refractivity contribution in [1.29, 1.82) is 0 Å². The molecule has 0 radical (unpaired) electrons. The van der Waals surface area contributed by atoms with Crippen LogP contribution >= 0.6 is 0 Å². The van der Waals surface area contributed by atoms with E-state index >= 15 is 0 Å². The van der Waals surface area contributed by atoms with Gasteiger partial charge in [0.1, 0.15) is 0 Å². The first-order valence-electron chi connectivity index (χ1n) is 10.1. The van der Waals surface area contributed by atoms with Gasteiger partial charge in [-0.25, -0.2) is 0 Å². The molecule has 1 fully saturated rings. The van der Waals surface area contributed by atoms with Crippen molar-refractivity contribution in [3.63, 3.8) is 0 Å². The number of likely N-dealkylation sites (N-methyl/N-ethyl adjacent to an activating group) is 1. The van der Waals surface area contributed by atoms with Gasteiger partial charge < -0.3 is 25.3 Å². The predicted molar refractivity (Wildman–Crippen MR) is 108 cm³/mol. The number of hydrogen-bond acceptors (Lipinski definition) is 5. The minimum atomic E-state index is -0.509. The average molecular weight is 366 g/mol. The van der Waals surface area contributed by atoms with Crippen molar-refractivity contribution in [2.45, 2.75) is 91.8 Å². The SMILES string of the molecule is CCC(O)CO.CCC1CC1.CCCN(C)CC(O)CC.CCCO. The quantitative estimate of drug-likeness (QED) is 0.505. The lowest BCUT2D eigenvalue weighted by atomic mass is 10.2. The third-order valence-corrected chi connectivity index (χ3v) is 3.78. The van der Waals surface area contributed by atoms with Crippen molar-refractivity contribution in [2.75, 3.05) is 33.4 Å². The standard InChI is InChI=1S/C8H19NO.C5H10.C4H10O2.C3H8O/c1-4-6-9(3)7-8(10)5-2;1-2-5-3-4-5;1-2-4(6)3-5;1-2-3-4/h8,10H,4-7H2,1-3H3;5H,2-4H2,1H3;4-6H,2-3H2,1H3;4H,2-3H2,1H3. The molecular weight excluding hydrogens is 318 g/mol. The third kappa shape index (κ3) is 32.0. The first-order valence-corrected chi connectivity index (χ1v) is 10.1. The van der Waals surface area contributed by atoms with E-state index in [9.17, 15) is 5.11 Å². The fourth-order valence-electron chi connectivity index (χ4n) is 1.62. The molecule has 1 aliphatic carbocycles. The summed E-state index contributed by atoms with van der Waals surface area (Å²) >= 11 is 0. The lowest BCUT2D eigenvalue weighted by molar-refractivity contribution is 0.0923. The minimum Gasteiger partial charge on any atom is -0.396 e. The minimum absolute atomic E-state index is 0.115. The average Bonchev–Trinajstić information content (AvgIpc) is 3.46. The van der Waals surface area contributed by atoms with E-state index in [1.54, 1.807) is 0 Å². The van der Waals surface area contributed by atoms with E-state index in [0.717, 1.165) is 38.3 Å². The fraction of sp³-hybridized carbons (Fsp3) is 1.00. The van der Waals surface area contributed by atoms with Gasteiger partial charge in [-0.2, -0.15) is 0 Å². The lowest BCUT2D eigenvalue weighted by Gasteiger charge is -2.18. The molecule has 1 saturated carbocycles. The van der Waals surface area contributed by atoms with Crippen molar-refractivity contribution < 1.29 is 20.4 Å². The highest BCUT2D eigenvalue weighted by atomic mass is 16.3. The van der Waals surface area contributed by atoms with Crippen LogP contribution in [0.4, 0.5) is 0 Å². The molecule has 2 unspecified atom stereocenters. The topological polar surface area (TPSA) is 84.2 Å². The number of rotatable bonds is 9. The lowest BCUT2D eigenvalue weighted by Crippen LogP contribution is -2.29. The van der Waals surface area contributed by atoms with Crippen LogP contribution in [0.3, 0.4) is 0 Å². The monoisotopic (exact) mass is 365 g/mol. The van der Waals surface area contributed by atoms with Crippen molar-refractivity contribution in [1.82, 2.24) is 4.90 Å². The van der Waals surface area contributed by atoms with E-state index in [2.05, 4.69) is 18.7 Å². The Morgan fingerprint density at radius 3 is 1.52 bits per heavy atom. The van der Waals surface area contributed by atoms with Crippen LogP contribution in [0.1, 0.15) is 79.6 Å². The molecule has 0 bridgehead atoms. The molecule has 1 rings (SSSR count). The fourth-order valence-corrected chi connectivity index (χ4v) is 1.62. The highest BCUT2D eigenvalue weighted by molar-refractivity contribution is 4.69. The van der Waals surface area contributed by atoms with Crippen LogP contribution in [0.2, 0.25) is 0 Å². The Balaban J connectivity index is -0.000000276. The van der Waals surface area contributed by atoms with Gasteiger partial charge in [0, 0.05) is 13.2 Å². The van der Waals surface area contributed by atoms with E-state index in [1.807, 2.05) is 27.8 Å². The molecule has 0 saturated heterocycles. The molecule has 5 nitrogen and oxygen atoms in total. The van der Waals surface area contributed by atoms with Gasteiger partial charge in [0.2, 0.25) is 0 Å². The second-order valence-electron chi connectivity index (χ2n) is 6.64. The van der Waals surface area contributed by atoms with Crippen LogP contribution < -0.4 is 0 Å². The molecule has 2 atom stereocenters. The highest BCUT2D eigenvalue weighted by Crippen LogP contribution is 2.31. The second-order valence-corrected chi connectivity index (χ2v) is 6.64. The zero-order chi connectivity index (χ0) is 20.1. The van der Waals surface area contributed by atoms with Crippen LogP contribution in [-0.2, 0) is 0 Å². The van der Waals surface area contributed by atoms with Gasteiger partial charge in [-0.1, -0.05) is 53.9 Å². The molecule has 0 aromatic heterocycles. The summed E-state index contributed by atoms with van der Waals surface area (Å²) in [5.74, 6) is 1.13. The van der Waals surface area contributed by atoms with Crippen molar-refractivity contribution >= 4 is 0 Å². The Morgan fingerprint density at radius 1 is 0.880 bits per heavy atom. The molecular formula is C20H47NO4. The van der Waals surface area contributed by atoms with Gasteiger partial charge in [-0.3, -0.25) is 0 Å². The summed E-state index contributed by atoms with van der Waals surface area (Å²) in [6, 6.07) is 0. The number of hydrogen-bond donors (Lipinski definition) is 4. The van der Waals surface area contributed by atoms with Crippen LogP contribution in [0, 0.1) is 5.92 Å². The Labute approximate surface area is 157 Å². The summed E-state index contributed by atoms with van der Waals surface area (Å²) in [6.45, 7) is 12.3. The van der Waals surface area contributed by atoms with Gasteiger partial charge in [0.05, 0.1) is 18.8 Å². The summed E-state index contributed by atoms with van der Waals surface area (Å²) in [7, 11) is 2.04. The molecule has 0 heterocycles. The Kier molecular flexibility index (Phi) is 28.1. The van der Waals surface area contributed by atoms with Crippen molar-refractivity contribution in [2.24, 2.45) is 5.92 Å². The maximum Gasteiger partial charge on any atom is 0.0768 e. The number of aliphatic hydroxyl groups is 4. The van der Waals surface area contributed by atoms with Crippen LogP contribution in [-0.4, -0.2) is 70.9 Å². The van der Waals surface area contributed by atoms with E-state index in [4.69, 9.17) is 15.3 Å². The molecule has 156 valence electrons. The Hall–Kier alpha value is -0.200. The molecule has 4 N–H and O–H groups in total. The second kappa shape index (κ2) is 23.8. The summed E-state index contributed by atoms with van der Waals surface area (Å²) in [5.41, 5.74) is 0. The Morgan fingerprint density at radius 2 is 1.36 bits per heavy atom.